The van der Waals surface area contributed by atoms with Crippen molar-refractivity contribution < 1.29 is 13.6 Å². The van der Waals surface area contributed by atoms with Gasteiger partial charge in [0.25, 0.3) is 0 Å². The van der Waals surface area contributed by atoms with E-state index in [0.29, 0.717) is 48.7 Å². The fourth-order valence-corrected chi connectivity index (χ4v) is 4.87. The Morgan fingerprint density at radius 3 is 2.70 bits per heavy atom. The highest BCUT2D eigenvalue weighted by molar-refractivity contribution is 5.83. The molecule has 0 bridgehead atoms. The Morgan fingerprint density at radius 1 is 1.14 bits per heavy atom. The first kappa shape index (κ1) is 24.7. The number of aryl methyl sites for hydroxylation is 1. The lowest BCUT2D eigenvalue weighted by molar-refractivity contribution is -0.132. The Labute approximate surface area is 213 Å². The molecule has 0 atom stereocenters. The highest BCUT2D eigenvalue weighted by Crippen LogP contribution is 2.30. The average molecular weight is 506 g/mol. The summed E-state index contributed by atoms with van der Waals surface area (Å²) in [4.78, 5) is 31.5. The molecule has 1 aromatic carbocycles. The van der Waals surface area contributed by atoms with Crippen molar-refractivity contribution in [1.82, 2.24) is 29.4 Å². The van der Waals surface area contributed by atoms with Crippen molar-refractivity contribution in [3.63, 3.8) is 0 Å². The molecule has 0 saturated heterocycles. The summed E-state index contributed by atoms with van der Waals surface area (Å²) >= 11 is 0. The fraction of sp³-hybridized carbons (Fsp3) is 0.370. The fourth-order valence-electron chi connectivity index (χ4n) is 4.87. The number of anilines is 2. The number of halogens is 2. The third-order valence-corrected chi connectivity index (χ3v) is 6.56. The SMILES string of the molecule is CCCC(=O)N1CCc2nc(Nc3ncc(F)c(-c4cc(F)c5nc(C)n(C(C)C)c5c4)n3)ccc2C1. The van der Waals surface area contributed by atoms with Gasteiger partial charge in [-0.1, -0.05) is 13.0 Å². The highest BCUT2D eigenvalue weighted by atomic mass is 19.1. The normalized spacial score (nSPS) is 13.3. The molecular weight excluding hydrogens is 476 g/mol. The minimum absolute atomic E-state index is 0.0181. The van der Waals surface area contributed by atoms with Gasteiger partial charge in [0.2, 0.25) is 11.9 Å². The van der Waals surface area contributed by atoms with Crippen molar-refractivity contribution in [1.29, 1.82) is 0 Å². The number of aromatic nitrogens is 5. The summed E-state index contributed by atoms with van der Waals surface area (Å²) in [7, 11) is 0. The van der Waals surface area contributed by atoms with Gasteiger partial charge in [-0.2, -0.15) is 0 Å². The predicted molar refractivity (Wildman–Crippen MR) is 137 cm³/mol. The smallest absolute Gasteiger partial charge is 0.229 e. The van der Waals surface area contributed by atoms with Crippen LogP contribution in [0, 0.1) is 18.6 Å². The Balaban J connectivity index is 1.43. The minimum Gasteiger partial charge on any atom is -0.338 e. The molecule has 0 fully saturated rings. The summed E-state index contributed by atoms with van der Waals surface area (Å²) in [5.41, 5.74) is 3.01. The molecule has 0 saturated carbocycles. The topological polar surface area (TPSA) is 88.8 Å². The van der Waals surface area contributed by atoms with E-state index in [1.165, 1.54) is 6.07 Å². The molecule has 1 N–H and O–H groups in total. The highest BCUT2D eigenvalue weighted by Gasteiger charge is 2.22. The van der Waals surface area contributed by atoms with Crippen LogP contribution >= 0.6 is 0 Å². The van der Waals surface area contributed by atoms with Gasteiger partial charge >= 0.3 is 0 Å². The standard InChI is InChI=1S/C27H29F2N7O/c1-5-6-24(37)35-10-9-21-17(14-35)7-8-23(32-21)33-27-30-13-20(29)25(34-27)18-11-19(28)26-22(12-18)36(15(2)3)16(4)31-26/h7-8,11-13,15H,5-6,9-10,14H2,1-4H3,(H,30,32,33,34). The molecule has 192 valence electrons. The second-order valence-corrected chi connectivity index (χ2v) is 9.58. The molecule has 4 aromatic rings. The first-order valence-electron chi connectivity index (χ1n) is 12.5. The molecule has 0 unspecified atom stereocenters. The van der Waals surface area contributed by atoms with Crippen molar-refractivity contribution in [2.75, 3.05) is 11.9 Å². The van der Waals surface area contributed by atoms with Crippen LogP contribution in [0.4, 0.5) is 20.5 Å². The second kappa shape index (κ2) is 9.84. The van der Waals surface area contributed by atoms with Crippen molar-refractivity contribution in [2.45, 2.75) is 59.5 Å². The molecule has 5 rings (SSSR count). The zero-order chi connectivity index (χ0) is 26.3. The van der Waals surface area contributed by atoms with E-state index in [0.717, 1.165) is 23.9 Å². The van der Waals surface area contributed by atoms with Gasteiger partial charge < -0.3 is 14.8 Å². The molecule has 4 heterocycles. The summed E-state index contributed by atoms with van der Waals surface area (Å²) in [5, 5.41) is 3.04. The summed E-state index contributed by atoms with van der Waals surface area (Å²) < 4.78 is 31.7. The van der Waals surface area contributed by atoms with E-state index in [-0.39, 0.29) is 29.1 Å². The number of hydrogen-bond acceptors (Lipinski definition) is 6. The molecule has 8 nitrogen and oxygen atoms in total. The number of nitrogens with one attached hydrogen (secondary N) is 1. The van der Waals surface area contributed by atoms with Gasteiger partial charge in [0, 0.05) is 43.2 Å². The third-order valence-electron chi connectivity index (χ3n) is 6.56. The number of carbonyl (C=O) groups excluding carboxylic acids is 1. The quantitative estimate of drug-likeness (QED) is 0.373. The number of carbonyl (C=O) groups is 1. The largest absolute Gasteiger partial charge is 0.338 e. The maximum Gasteiger partial charge on any atom is 0.229 e. The zero-order valence-corrected chi connectivity index (χ0v) is 21.3. The lowest BCUT2D eigenvalue weighted by Gasteiger charge is -2.28. The number of benzene rings is 1. The van der Waals surface area contributed by atoms with E-state index in [4.69, 9.17) is 0 Å². The van der Waals surface area contributed by atoms with E-state index in [2.05, 4.69) is 25.3 Å². The molecule has 3 aromatic heterocycles. The summed E-state index contributed by atoms with van der Waals surface area (Å²) in [5.74, 6) is 0.303. The third kappa shape index (κ3) is 4.75. The lowest BCUT2D eigenvalue weighted by Crippen LogP contribution is -2.36. The van der Waals surface area contributed by atoms with Crippen molar-refractivity contribution in [2.24, 2.45) is 0 Å². The van der Waals surface area contributed by atoms with Gasteiger partial charge in [0.1, 0.15) is 22.9 Å². The van der Waals surface area contributed by atoms with Crippen molar-refractivity contribution >= 4 is 28.7 Å². The molecule has 37 heavy (non-hydrogen) atoms. The molecule has 0 spiro atoms. The van der Waals surface area contributed by atoms with Crippen LogP contribution in [-0.4, -0.2) is 41.9 Å². The van der Waals surface area contributed by atoms with Gasteiger partial charge in [-0.15, -0.1) is 0 Å². The molecule has 10 heteroatoms. The minimum atomic E-state index is -0.660. The monoisotopic (exact) mass is 505 g/mol. The molecular formula is C27H29F2N7O. The number of hydrogen-bond donors (Lipinski definition) is 1. The van der Waals surface area contributed by atoms with Crippen LogP contribution in [0.5, 0.6) is 0 Å². The molecule has 1 amide bonds. The first-order chi connectivity index (χ1) is 17.7. The number of pyridine rings is 1. The summed E-state index contributed by atoms with van der Waals surface area (Å²) in [6.07, 6.45) is 3.08. The van der Waals surface area contributed by atoms with Crippen LogP contribution in [0.2, 0.25) is 0 Å². The molecule has 1 aliphatic heterocycles. The Kier molecular flexibility index (Phi) is 6.57. The van der Waals surface area contributed by atoms with Crippen molar-refractivity contribution in [3.8, 4) is 11.3 Å². The number of fused-ring (bicyclic) bond motifs is 2. The maximum atomic E-state index is 15.0. The zero-order valence-electron chi connectivity index (χ0n) is 21.3. The maximum absolute atomic E-state index is 15.0. The molecule has 0 radical (unpaired) electrons. The van der Waals surface area contributed by atoms with Gasteiger partial charge in [0.05, 0.1) is 11.7 Å². The number of rotatable bonds is 6. The van der Waals surface area contributed by atoms with Gasteiger partial charge in [0.15, 0.2) is 11.6 Å². The van der Waals surface area contributed by atoms with Crippen molar-refractivity contribution in [3.05, 3.63) is 59.2 Å². The Morgan fingerprint density at radius 2 is 1.95 bits per heavy atom. The van der Waals surface area contributed by atoms with Gasteiger partial charge in [-0.05, 0) is 51.0 Å². The van der Waals surface area contributed by atoms with Gasteiger partial charge in [-0.3, -0.25) is 4.79 Å². The summed E-state index contributed by atoms with van der Waals surface area (Å²) in [6.45, 7) is 8.95. The van der Waals surface area contributed by atoms with Crippen LogP contribution in [0.25, 0.3) is 22.3 Å². The molecule has 0 aliphatic carbocycles. The number of amides is 1. The van der Waals surface area contributed by atoms with E-state index in [1.807, 2.05) is 43.2 Å². The average Bonchev–Trinajstić information content (AvgIpc) is 3.21. The van der Waals surface area contributed by atoms with Crippen LogP contribution in [-0.2, 0) is 17.8 Å². The number of nitrogens with zero attached hydrogens (tertiary/aromatic N) is 6. The molecule has 1 aliphatic rings. The Bertz CT molecular complexity index is 1500. The predicted octanol–water partition coefficient (Wildman–Crippen LogP) is 5.48. The van der Waals surface area contributed by atoms with Crippen LogP contribution < -0.4 is 5.32 Å². The van der Waals surface area contributed by atoms with Crippen LogP contribution in [0.15, 0.2) is 30.5 Å². The van der Waals surface area contributed by atoms with Crippen LogP contribution in [0.1, 0.15) is 56.7 Å². The second-order valence-electron chi connectivity index (χ2n) is 9.58. The van der Waals surface area contributed by atoms with E-state index < -0.39 is 11.6 Å². The first-order valence-corrected chi connectivity index (χ1v) is 12.5. The summed E-state index contributed by atoms with van der Waals surface area (Å²) in [6, 6.07) is 6.72. The lowest BCUT2D eigenvalue weighted by atomic mass is 10.1. The van der Waals surface area contributed by atoms with E-state index in [9.17, 15) is 13.6 Å². The Hall–Kier alpha value is -3.95. The van der Waals surface area contributed by atoms with E-state index >= 15 is 0 Å². The number of imidazole rings is 1. The van der Waals surface area contributed by atoms with E-state index in [1.54, 1.807) is 12.1 Å². The van der Waals surface area contributed by atoms with Crippen LogP contribution in [0.3, 0.4) is 0 Å². The van der Waals surface area contributed by atoms with Gasteiger partial charge in [-0.25, -0.2) is 28.7 Å².